The number of rotatable bonds is 6. The first-order valence-electron chi connectivity index (χ1n) is 5.71. The van der Waals surface area contributed by atoms with Gasteiger partial charge < -0.3 is 10.2 Å². The summed E-state index contributed by atoms with van der Waals surface area (Å²) in [5, 5.41) is 3.24. The highest BCUT2D eigenvalue weighted by molar-refractivity contribution is 5.78. The SMILES string of the molecule is CCC(C)NCC(=O)N(CC)C1CC1. The van der Waals surface area contributed by atoms with Gasteiger partial charge >= 0.3 is 0 Å². The lowest BCUT2D eigenvalue weighted by Gasteiger charge is -2.21. The van der Waals surface area contributed by atoms with Gasteiger partial charge in [0.2, 0.25) is 5.91 Å². The van der Waals surface area contributed by atoms with Crippen molar-refractivity contribution in [2.24, 2.45) is 0 Å². The molecule has 0 heterocycles. The average molecular weight is 198 g/mol. The maximum absolute atomic E-state index is 11.7. The predicted octanol–water partition coefficient (Wildman–Crippen LogP) is 1.39. The molecule has 1 amide bonds. The summed E-state index contributed by atoms with van der Waals surface area (Å²) in [4.78, 5) is 13.7. The minimum Gasteiger partial charge on any atom is -0.339 e. The molecule has 1 rings (SSSR count). The molecule has 3 heteroatoms. The van der Waals surface area contributed by atoms with Gasteiger partial charge in [0.1, 0.15) is 0 Å². The maximum Gasteiger partial charge on any atom is 0.236 e. The summed E-state index contributed by atoms with van der Waals surface area (Å²) in [5.41, 5.74) is 0. The Balaban J connectivity index is 2.25. The van der Waals surface area contributed by atoms with E-state index in [1.54, 1.807) is 0 Å². The van der Waals surface area contributed by atoms with Gasteiger partial charge in [-0.3, -0.25) is 4.79 Å². The normalized spacial score (nSPS) is 17.9. The van der Waals surface area contributed by atoms with Crippen molar-refractivity contribution in [3.63, 3.8) is 0 Å². The molecule has 0 aliphatic heterocycles. The van der Waals surface area contributed by atoms with Crippen LogP contribution in [0.1, 0.15) is 40.0 Å². The molecular formula is C11H22N2O. The van der Waals surface area contributed by atoms with Crippen LogP contribution in [0.2, 0.25) is 0 Å². The number of nitrogens with one attached hydrogen (secondary N) is 1. The van der Waals surface area contributed by atoms with Gasteiger partial charge in [-0.15, -0.1) is 0 Å². The Labute approximate surface area is 86.9 Å². The van der Waals surface area contributed by atoms with Crippen molar-refractivity contribution in [1.82, 2.24) is 10.2 Å². The molecule has 0 aromatic carbocycles. The lowest BCUT2D eigenvalue weighted by atomic mass is 10.2. The molecular weight excluding hydrogens is 176 g/mol. The molecule has 0 saturated heterocycles. The van der Waals surface area contributed by atoms with Gasteiger partial charge in [-0.25, -0.2) is 0 Å². The van der Waals surface area contributed by atoms with Gasteiger partial charge in [-0.2, -0.15) is 0 Å². The van der Waals surface area contributed by atoms with Crippen LogP contribution < -0.4 is 5.32 Å². The Bertz CT molecular complexity index is 190. The fraction of sp³-hybridized carbons (Fsp3) is 0.909. The van der Waals surface area contributed by atoms with E-state index in [1.807, 2.05) is 4.90 Å². The first-order valence-corrected chi connectivity index (χ1v) is 5.71. The van der Waals surface area contributed by atoms with Gasteiger partial charge in [0.05, 0.1) is 6.54 Å². The second-order valence-electron chi connectivity index (χ2n) is 4.10. The summed E-state index contributed by atoms with van der Waals surface area (Å²) in [6, 6.07) is 0.989. The number of likely N-dealkylation sites (N-methyl/N-ethyl adjacent to an activating group) is 1. The smallest absolute Gasteiger partial charge is 0.236 e. The number of hydrogen-bond acceptors (Lipinski definition) is 2. The highest BCUT2D eigenvalue weighted by atomic mass is 16.2. The molecule has 1 N–H and O–H groups in total. The molecule has 3 nitrogen and oxygen atoms in total. The molecule has 0 spiro atoms. The summed E-state index contributed by atoms with van der Waals surface area (Å²) >= 11 is 0. The monoisotopic (exact) mass is 198 g/mol. The fourth-order valence-corrected chi connectivity index (χ4v) is 1.53. The average Bonchev–Trinajstić information content (AvgIpc) is 2.99. The molecule has 1 atom stereocenters. The largest absolute Gasteiger partial charge is 0.339 e. The zero-order chi connectivity index (χ0) is 10.6. The number of amides is 1. The number of hydrogen-bond donors (Lipinski definition) is 1. The number of carbonyl (C=O) groups excluding carboxylic acids is 1. The summed E-state index contributed by atoms with van der Waals surface area (Å²) in [7, 11) is 0. The zero-order valence-corrected chi connectivity index (χ0v) is 9.55. The first-order chi connectivity index (χ1) is 6.69. The molecule has 1 unspecified atom stereocenters. The van der Waals surface area contributed by atoms with Crippen LogP contribution in [0.5, 0.6) is 0 Å². The number of nitrogens with zero attached hydrogens (tertiary/aromatic N) is 1. The van der Waals surface area contributed by atoms with Crippen LogP contribution in [-0.2, 0) is 4.79 Å². The summed E-state index contributed by atoms with van der Waals surface area (Å²) in [5.74, 6) is 0.260. The van der Waals surface area contributed by atoms with Gasteiger partial charge in [0.25, 0.3) is 0 Å². The van der Waals surface area contributed by atoms with E-state index in [0.717, 1.165) is 13.0 Å². The van der Waals surface area contributed by atoms with Crippen molar-refractivity contribution in [3.8, 4) is 0 Å². The Morgan fingerprint density at radius 2 is 2.14 bits per heavy atom. The van der Waals surface area contributed by atoms with Gasteiger partial charge in [0, 0.05) is 18.6 Å². The molecule has 0 radical (unpaired) electrons. The van der Waals surface area contributed by atoms with Crippen LogP contribution in [-0.4, -0.2) is 36.0 Å². The third kappa shape index (κ3) is 3.29. The highest BCUT2D eigenvalue weighted by Gasteiger charge is 2.30. The van der Waals surface area contributed by atoms with Crippen molar-refractivity contribution in [2.45, 2.75) is 52.1 Å². The minimum atomic E-state index is 0.260. The lowest BCUT2D eigenvalue weighted by molar-refractivity contribution is -0.130. The molecule has 1 aliphatic rings. The maximum atomic E-state index is 11.7. The molecule has 1 saturated carbocycles. The minimum absolute atomic E-state index is 0.260. The van der Waals surface area contributed by atoms with Crippen LogP contribution in [0.3, 0.4) is 0 Å². The van der Waals surface area contributed by atoms with E-state index in [2.05, 4.69) is 26.1 Å². The molecule has 0 aromatic heterocycles. The molecule has 0 bridgehead atoms. The second kappa shape index (κ2) is 5.35. The zero-order valence-electron chi connectivity index (χ0n) is 9.55. The number of carbonyl (C=O) groups is 1. The fourth-order valence-electron chi connectivity index (χ4n) is 1.53. The van der Waals surface area contributed by atoms with Gasteiger partial charge in [0.15, 0.2) is 0 Å². The van der Waals surface area contributed by atoms with Crippen LogP contribution in [0.15, 0.2) is 0 Å². The van der Waals surface area contributed by atoms with E-state index in [9.17, 15) is 4.79 Å². The summed E-state index contributed by atoms with van der Waals surface area (Å²) in [6.45, 7) is 7.64. The van der Waals surface area contributed by atoms with Crippen molar-refractivity contribution >= 4 is 5.91 Å². The molecule has 14 heavy (non-hydrogen) atoms. The summed E-state index contributed by atoms with van der Waals surface area (Å²) < 4.78 is 0. The Hall–Kier alpha value is -0.570. The topological polar surface area (TPSA) is 32.3 Å². The molecule has 1 aliphatic carbocycles. The quantitative estimate of drug-likeness (QED) is 0.699. The highest BCUT2D eigenvalue weighted by Crippen LogP contribution is 2.26. The lowest BCUT2D eigenvalue weighted by Crippen LogP contribution is -2.41. The van der Waals surface area contributed by atoms with E-state index < -0.39 is 0 Å². The Kier molecular flexibility index (Phi) is 4.39. The Morgan fingerprint density at radius 1 is 1.50 bits per heavy atom. The summed E-state index contributed by atoms with van der Waals surface area (Å²) in [6.07, 6.45) is 3.47. The van der Waals surface area contributed by atoms with E-state index in [-0.39, 0.29) is 5.91 Å². The third-order valence-electron chi connectivity index (χ3n) is 2.86. The van der Waals surface area contributed by atoms with Crippen molar-refractivity contribution in [2.75, 3.05) is 13.1 Å². The van der Waals surface area contributed by atoms with Crippen LogP contribution in [0, 0.1) is 0 Å². The predicted molar refractivity (Wildman–Crippen MR) is 58.2 cm³/mol. The molecule has 0 aromatic rings. The molecule has 82 valence electrons. The third-order valence-corrected chi connectivity index (χ3v) is 2.86. The van der Waals surface area contributed by atoms with E-state index in [4.69, 9.17) is 0 Å². The van der Waals surface area contributed by atoms with Crippen LogP contribution in [0.4, 0.5) is 0 Å². The van der Waals surface area contributed by atoms with E-state index in [1.165, 1.54) is 12.8 Å². The standard InChI is InChI=1S/C11H22N2O/c1-4-9(3)12-8-11(14)13(5-2)10-6-7-10/h9-10,12H,4-8H2,1-3H3. The van der Waals surface area contributed by atoms with E-state index >= 15 is 0 Å². The van der Waals surface area contributed by atoms with Gasteiger partial charge in [-0.1, -0.05) is 6.92 Å². The van der Waals surface area contributed by atoms with Crippen molar-refractivity contribution in [3.05, 3.63) is 0 Å². The second-order valence-corrected chi connectivity index (χ2v) is 4.10. The van der Waals surface area contributed by atoms with Crippen molar-refractivity contribution < 1.29 is 4.79 Å². The van der Waals surface area contributed by atoms with Gasteiger partial charge in [-0.05, 0) is 33.1 Å². The van der Waals surface area contributed by atoms with Crippen molar-refractivity contribution in [1.29, 1.82) is 0 Å². The van der Waals surface area contributed by atoms with E-state index in [0.29, 0.717) is 18.6 Å². The van der Waals surface area contributed by atoms with Crippen LogP contribution >= 0.6 is 0 Å². The van der Waals surface area contributed by atoms with Crippen LogP contribution in [0.25, 0.3) is 0 Å². The molecule has 1 fully saturated rings. The Morgan fingerprint density at radius 3 is 2.57 bits per heavy atom. The first kappa shape index (κ1) is 11.5.